The van der Waals surface area contributed by atoms with E-state index in [9.17, 15) is 0 Å². The molecule has 1 atom stereocenters. The Labute approximate surface area is 103 Å². The summed E-state index contributed by atoms with van der Waals surface area (Å²) in [4.78, 5) is 5.78. The van der Waals surface area contributed by atoms with Crippen molar-refractivity contribution in [3.63, 3.8) is 0 Å². The van der Waals surface area contributed by atoms with Gasteiger partial charge in [0, 0.05) is 17.1 Å². The van der Waals surface area contributed by atoms with Crippen LogP contribution in [0.5, 0.6) is 0 Å². The summed E-state index contributed by atoms with van der Waals surface area (Å²) in [6.45, 7) is 9.95. The second-order valence-electron chi connectivity index (χ2n) is 4.29. The van der Waals surface area contributed by atoms with Gasteiger partial charge in [0.15, 0.2) is 0 Å². The molecule has 0 spiro atoms. The maximum Gasteiger partial charge on any atom is 0.0897 e. The Morgan fingerprint density at radius 2 is 2.00 bits per heavy atom. The number of nitrogens with zero attached hydrogens (tertiary/aromatic N) is 1. The van der Waals surface area contributed by atoms with E-state index in [1.54, 1.807) is 0 Å². The molecule has 1 heterocycles. The van der Waals surface area contributed by atoms with Crippen LogP contribution in [0.15, 0.2) is 6.20 Å². The summed E-state index contributed by atoms with van der Waals surface area (Å²) in [7, 11) is 0. The Hall–Kier alpha value is -0.410. The van der Waals surface area contributed by atoms with Crippen molar-refractivity contribution in [3.05, 3.63) is 16.1 Å². The van der Waals surface area contributed by atoms with Crippen LogP contribution in [0.3, 0.4) is 0 Å². The summed E-state index contributed by atoms with van der Waals surface area (Å²) in [5, 5.41) is 4.84. The molecular formula is C13H24N2S. The summed E-state index contributed by atoms with van der Waals surface area (Å²) in [6.07, 6.45) is 5.70. The molecule has 2 nitrogen and oxygen atoms in total. The van der Waals surface area contributed by atoms with Crippen LogP contribution in [0.2, 0.25) is 0 Å². The fourth-order valence-electron chi connectivity index (χ4n) is 2.08. The Morgan fingerprint density at radius 3 is 2.44 bits per heavy atom. The Balaban J connectivity index is 2.77. The number of nitrogens with one attached hydrogen (secondary N) is 1. The Bertz CT molecular complexity index is 292. The van der Waals surface area contributed by atoms with Gasteiger partial charge in [-0.3, -0.25) is 0 Å². The van der Waals surface area contributed by atoms with Gasteiger partial charge in [-0.05, 0) is 25.8 Å². The van der Waals surface area contributed by atoms with E-state index in [0.29, 0.717) is 6.04 Å². The highest BCUT2D eigenvalue weighted by molar-refractivity contribution is 7.11. The smallest absolute Gasteiger partial charge is 0.0897 e. The van der Waals surface area contributed by atoms with E-state index >= 15 is 0 Å². The Morgan fingerprint density at radius 1 is 1.31 bits per heavy atom. The molecule has 0 bridgehead atoms. The number of aryl methyl sites for hydroxylation is 1. The van der Waals surface area contributed by atoms with Gasteiger partial charge in [0.25, 0.3) is 0 Å². The van der Waals surface area contributed by atoms with Gasteiger partial charge in [0.1, 0.15) is 0 Å². The lowest BCUT2D eigenvalue weighted by atomic mass is 9.93. The first kappa shape index (κ1) is 13.7. The third kappa shape index (κ3) is 3.56. The minimum Gasteiger partial charge on any atom is -0.309 e. The molecule has 0 aliphatic heterocycles. The minimum atomic E-state index is 0.501. The van der Waals surface area contributed by atoms with Crippen molar-refractivity contribution in [1.29, 1.82) is 0 Å². The summed E-state index contributed by atoms with van der Waals surface area (Å²) >= 11 is 1.83. The van der Waals surface area contributed by atoms with Crippen LogP contribution in [0.1, 0.15) is 56.0 Å². The largest absolute Gasteiger partial charge is 0.309 e. The molecular weight excluding hydrogens is 216 g/mol. The monoisotopic (exact) mass is 240 g/mol. The zero-order chi connectivity index (χ0) is 12.0. The summed E-state index contributed by atoms with van der Waals surface area (Å²) in [6, 6.07) is 0.501. The van der Waals surface area contributed by atoms with E-state index < -0.39 is 0 Å². The summed E-state index contributed by atoms with van der Waals surface area (Å²) < 4.78 is 0. The molecule has 1 unspecified atom stereocenters. The normalized spacial score (nSPS) is 13.3. The van der Waals surface area contributed by atoms with Gasteiger partial charge >= 0.3 is 0 Å². The van der Waals surface area contributed by atoms with Gasteiger partial charge in [-0.1, -0.05) is 33.6 Å². The highest BCUT2D eigenvalue weighted by Gasteiger charge is 2.21. The van der Waals surface area contributed by atoms with Crippen LogP contribution in [0, 0.1) is 12.8 Å². The fourth-order valence-corrected chi connectivity index (χ4v) is 3.04. The minimum absolute atomic E-state index is 0.501. The predicted molar refractivity (Wildman–Crippen MR) is 72.0 cm³/mol. The van der Waals surface area contributed by atoms with E-state index in [1.807, 2.05) is 17.5 Å². The fraction of sp³-hybridized carbons (Fsp3) is 0.769. The van der Waals surface area contributed by atoms with E-state index in [-0.39, 0.29) is 0 Å². The van der Waals surface area contributed by atoms with Crippen molar-refractivity contribution >= 4 is 11.3 Å². The first-order valence-electron chi connectivity index (χ1n) is 6.38. The molecule has 0 amide bonds. The van der Waals surface area contributed by atoms with E-state index in [0.717, 1.165) is 12.5 Å². The second kappa shape index (κ2) is 7.02. The van der Waals surface area contributed by atoms with Crippen molar-refractivity contribution in [2.45, 2.75) is 53.0 Å². The lowest BCUT2D eigenvalue weighted by molar-refractivity contribution is 0.345. The van der Waals surface area contributed by atoms with Crippen molar-refractivity contribution in [3.8, 4) is 0 Å². The van der Waals surface area contributed by atoms with Crippen LogP contribution in [0.4, 0.5) is 0 Å². The molecule has 1 rings (SSSR count). The van der Waals surface area contributed by atoms with Gasteiger partial charge in [-0.15, -0.1) is 11.3 Å². The SMILES string of the molecule is CCCNC(c1cnc(C)s1)C(CC)CC. The maximum atomic E-state index is 4.38. The van der Waals surface area contributed by atoms with Crippen LogP contribution in [-0.4, -0.2) is 11.5 Å². The highest BCUT2D eigenvalue weighted by atomic mass is 32.1. The van der Waals surface area contributed by atoms with Gasteiger partial charge in [0.2, 0.25) is 0 Å². The molecule has 16 heavy (non-hydrogen) atoms. The summed E-state index contributed by atoms with van der Waals surface area (Å²) in [5.41, 5.74) is 0. The van der Waals surface area contributed by atoms with E-state index in [1.165, 1.54) is 29.1 Å². The van der Waals surface area contributed by atoms with Crippen molar-refractivity contribution in [2.24, 2.45) is 5.92 Å². The molecule has 0 aliphatic rings. The first-order valence-corrected chi connectivity index (χ1v) is 7.20. The standard InChI is InChI=1S/C13H24N2S/c1-5-8-14-13(11(6-2)7-3)12-9-15-10(4)16-12/h9,11,13-14H,5-8H2,1-4H3. The molecule has 1 aromatic heterocycles. The maximum absolute atomic E-state index is 4.38. The highest BCUT2D eigenvalue weighted by Crippen LogP contribution is 2.30. The molecule has 0 aromatic carbocycles. The van der Waals surface area contributed by atoms with Gasteiger partial charge in [-0.25, -0.2) is 4.98 Å². The molecule has 92 valence electrons. The number of aromatic nitrogens is 1. The number of hydrogen-bond donors (Lipinski definition) is 1. The predicted octanol–water partition coefficient (Wildman–Crippen LogP) is 3.93. The quantitative estimate of drug-likeness (QED) is 0.781. The van der Waals surface area contributed by atoms with Crippen molar-refractivity contribution < 1.29 is 0 Å². The number of thiazole rings is 1. The third-order valence-corrected chi connectivity index (χ3v) is 4.08. The average molecular weight is 240 g/mol. The molecule has 0 aliphatic carbocycles. The molecule has 1 N–H and O–H groups in total. The average Bonchev–Trinajstić information content (AvgIpc) is 2.71. The molecule has 1 aromatic rings. The van der Waals surface area contributed by atoms with Crippen LogP contribution >= 0.6 is 11.3 Å². The zero-order valence-corrected chi connectivity index (χ0v) is 11.7. The van der Waals surface area contributed by atoms with Gasteiger partial charge in [0.05, 0.1) is 5.01 Å². The zero-order valence-electron chi connectivity index (χ0n) is 10.9. The molecule has 3 heteroatoms. The molecule has 0 saturated heterocycles. The van der Waals surface area contributed by atoms with Crippen molar-refractivity contribution in [1.82, 2.24) is 10.3 Å². The van der Waals surface area contributed by atoms with Crippen molar-refractivity contribution in [2.75, 3.05) is 6.54 Å². The lowest BCUT2D eigenvalue weighted by Gasteiger charge is -2.25. The van der Waals surface area contributed by atoms with Crippen LogP contribution < -0.4 is 5.32 Å². The number of rotatable bonds is 7. The lowest BCUT2D eigenvalue weighted by Crippen LogP contribution is -2.27. The first-order chi connectivity index (χ1) is 7.72. The topological polar surface area (TPSA) is 24.9 Å². The molecule has 0 saturated carbocycles. The second-order valence-corrected chi connectivity index (χ2v) is 5.56. The Kier molecular flexibility index (Phi) is 5.99. The van der Waals surface area contributed by atoms with E-state index in [2.05, 4.69) is 38.0 Å². The van der Waals surface area contributed by atoms with Gasteiger partial charge in [-0.2, -0.15) is 0 Å². The van der Waals surface area contributed by atoms with E-state index in [4.69, 9.17) is 0 Å². The third-order valence-electron chi connectivity index (χ3n) is 3.08. The van der Waals surface area contributed by atoms with Crippen LogP contribution in [-0.2, 0) is 0 Å². The van der Waals surface area contributed by atoms with Gasteiger partial charge < -0.3 is 5.32 Å². The number of hydrogen-bond acceptors (Lipinski definition) is 3. The molecule has 0 fully saturated rings. The molecule has 0 radical (unpaired) electrons. The van der Waals surface area contributed by atoms with Crippen LogP contribution in [0.25, 0.3) is 0 Å². The summed E-state index contributed by atoms with van der Waals surface area (Å²) in [5.74, 6) is 0.728.